The lowest BCUT2D eigenvalue weighted by Crippen LogP contribution is -2.34. The van der Waals surface area contributed by atoms with E-state index in [1.54, 1.807) is 11.8 Å². The van der Waals surface area contributed by atoms with Crippen LogP contribution in [-0.4, -0.2) is 43.2 Å². The zero-order chi connectivity index (χ0) is 15.0. The Kier molecular flexibility index (Phi) is 8.04. The number of hydrogen-bond donors (Lipinski definition) is 1. The average molecular weight is 315 g/mol. The van der Waals surface area contributed by atoms with Crippen LogP contribution in [0.3, 0.4) is 0 Å². The molecule has 3 nitrogen and oxygen atoms in total. The smallest absolute Gasteiger partial charge is 0.233 e. The topological polar surface area (TPSA) is 32.3 Å². The maximum Gasteiger partial charge on any atom is 0.233 e. The van der Waals surface area contributed by atoms with E-state index in [0.717, 1.165) is 35.8 Å². The van der Waals surface area contributed by atoms with E-state index in [-0.39, 0.29) is 11.2 Å². The summed E-state index contributed by atoms with van der Waals surface area (Å²) in [6.45, 7) is 3.75. The maximum absolute atomic E-state index is 12.1. The molecule has 1 amide bonds. The van der Waals surface area contributed by atoms with Crippen LogP contribution in [0.25, 0.3) is 0 Å². The summed E-state index contributed by atoms with van der Waals surface area (Å²) < 4.78 is 0. The number of thioether (sulfide) groups is 1. The van der Waals surface area contributed by atoms with Crippen LogP contribution in [0, 0.1) is 0 Å². The number of amides is 1. The molecule has 0 radical (unpaired) electrons. The molecule has 0 saturated heterocycles. The van der Waals surface area contributed by atoms with Gasteiger partial charge in [-0.25, -0.2) is 0 Å². The van der Waals surface area contributed by atoms with E-state index in [1.807, 2.05) is 45.3 Å². The van der Waals surface area contributed by atoms with Gasteiger partial charge in [0.2, 0.25) is 5.91 Å². The van der Waals surface area contributed by atoms with Crippen molar-refractivity contribution >= 4 is 29.3 Å². The van der Waals surface area contributed by atoms with E-state index in [1.165, 1.54) is 0 Å². The zero-order valence-corrected chi connectivity index (χ0v) is 13.9. The Labute approximate surface area is 131 Å². The van der Waals surface area contributed by atoms with Crippen molar-refractivity contribution in [1.82, 2.24) is 10.2 Å². The predicted molar refractivity (Wildman–Crippen MR) is 87.6 cm³/mol. The third kappa shape index (κ3) is 6.64. The second-order valence-corrected chi connectivity index (χ2v) is 6.63. The Hall–Kier alpha value is -0.710. The molecule has 0 fully saturated rings. The molecular weight excluding hydrogens is 292 g/mol. The van der Waals surface area contributed by atoms with Gasteiger partial charge in [0.15, 0.2) is 0 Å². The number of nitrogens with one attached hydrogen (secondary N) is 1. The van der Waals surface area contributed by atoms with Crippen LogP contribution in [0.2, 0.25) is 5.02 Å². The predicted octanol–water partition coefficient (Wildman–Crippen LogP) is 3.28. The summed E-state index contributed by atoms with van der Waals surface area (Å²) in [6, 6.07) is 7.61. The number of carbonyl (C=O) groups is 1. The number of carbonyl (C=O) groups excluding carboxylic acids is 1. The molecule has 0 spiro atoms. The molecule has 0 saturated carbocycles. The number of benzene rings is 1. The van der Waals surface area contributed by atoms with Gasteiger partial charge in [-0.2, -0.15) is 0 Å². The molecule has 0 aliphatic heterocycles. The first-order chi connectivity index (χ1) is 9.52. The maximum atomic E-state index is 12.1. The minimum absolute atomic E-state index is 0.0458. The highest BCUT2D eigenvalue weighted by Crippen LogP contribution is 2.26. The lowest BCUT2D eigenvalue weighted by Gasteiger charge is -2.15. The summed E-state index contributed by atoms with van der Waals surface area (Å²) in [5, 5.41) is 3.68. The molecule has 1 aromatic rings. The van der Waals surface area contributed by atoms with Gasteiger partial charge in [0.05, 0.1) is 5.25 Å². The fraction of sp³-hybridized carbons (Fsp3) is 0.533. The number of nitrogens with zero attached hydrogens (tertiary/aromatic N) is 1. The highest BCUT2D eigenvalue weighted by molar-refractivity contribution is 8.00. The summed E-state index contributed by atoms with van der Waals surface area (Å²) in [7, 11) is 4.07. The Morgan fingerprint density at radius 1 is 1.35 bits per heavy atom. The van der Waals surface area contributed by atoms with Crippen LogP contribution in [0.15, 0.2) is 29.2 Å². The van der Waals surface area contributed by atoms with E-state index in [0.29, 0.717) is 0 Å². The molecule has 112 valence electrons. The van der Waals surface area contributed by atoms with Gasteiger partial charge in [-0.05, 0) is 57.7 Å². The van der Waals surface area contributed by atoms with Gasteiger partial charge >= 0.3 is 0 Å². The zero-order valence-electron chi connectivity index (χ0n) is 12.4. The largest absolute Gasteiger partial charge is 0.355 e. The lowest BCUT2D eigenvalue weighted by molar-refractivity contribution is -0.120. The Morgan fingerprint density at radius 3 is 2.55 bits per heavy atom. The van der Waals surface area contributed by atoms with Gasteiger partial charge in [-0.1, -0.05) is 18.5 Å². The fourth-order valence-electron chi connectivity index (χ4n) is 1.72. The molecule has 1 N–H and O–H groups in total. The molecule has 1 atom stereocenters. The molecule has 0 aromatic heterocycles. The molecule has 0 heterocycles. The van der Waals surface area contributed by atoms with E-state index in [2.05, 4.69) is 10.2 Å². The lowest BCUT2D eigenvalue weighted by atomic mass is 10.3. The monoisotopic (exact) mass is 314 g/mol. The molecular formula is C15H23ClN2OS. The second-order valence-electron chi connectivity index (χ2n) is 4.92. The van der Waals surface area contributed by atoms with Gasteiger partial charge in [0.25, 0.3) is 0 Å². The van der Waals surface area contributed by atoms with E-state index < -0.39 is 0 Å². The molecule has 1 rings (SSSR count). The van der Waals surface area contributed by atoms with Crippen LogP contribution in [0.4, 0.5) is 0 Å². The van der Waals surface area contributed by atoms with Gasteiger partial charge in [0.1, 0.15) is 0 Å². The van der Waals surface area contributed by atoms with Crippen molar-refractivity contribution in [2.45, 2.75) is 29.9 Å². The van der Waals surface area contributed by atoms with Crippen molar-refractivity contribution in [3.63, 3.8) is 0 Å². The van der Waals surface area contributed by atoms with E-state index in [4.69, 9.17) is 11.6 Å². The highest BCUT2D eigenvalue weighted by Gasteiger charge is 2.17. The number of halogens is 1. The molecule has 1 aromatic carbocycles. The number of rotatable bonds is 8. The summed E-state index contributed by atoms with van der Waals surface area (Å²) in [4.78, 5) is 15.3. The first-order valence-electron chi connectivity index (χ1n) is 6.87. The van der Waals surface area contributed by atoms with Crippen LogP contribution in [-0.2, 0) is 4.79 Å². The van der Waals surface area contributed by atoms with Crippen molar-refractivity contribution < 1.29 is 4.79 Å². The highest BCUT2D eigenvalue weighted by atomic mass is 35.5. The molecule has 0 aliphatic rings. The normalized spacial score (nSPS) is 12.4. The van der Waals surface area contributed by atoms with Crippen LogP contribution in [0.5, 0.6) is 0 Å². The van der Waals surface area contributed by atoms with Crippen molar-refractivity contribution in [1.29, 1.82) is 0 Å². The molecule has 0 bridgehead atoms. The van der Waals surface area contributed by atoms with Gasteiger partial charge in [-0.15, -0.1) is 11.8 Å². The summed E-state index contributed by atoms with van der Waals surface area (Å²) in [6.07, 6.45) is 1.79. The third-order valence-corrected chi connectivity index (χ3v) is 4.46. The van der Waals surface area contributed by atoms with Crippen LogP contribution in [0.1, 0.15) is 19.8 Å². The molecule has 1 unspecified atom stereocenters. The first kappa shape index (κ1) is 17.3. The minimum Gasteiger partial charge on any atom is -0.355 e. The Bertz CT molecular complexity index is 409. The molecule has 20 heavy (non-hydrogen) atoms. The Balaban J connectivity index is 2.40. The quantitative estimate of drug-likeness (QED) is 0.590. The minimum atomic E-state index is -0.0458. The summed E-state index contributed by atoms with van der Waals surface area (Å²) in [5.74, 6) is 0.117. The molecule has 5 heteroatoms. The van der Waals surface area contributed by atoms with Crippen molar-refractivity contribution in [2.24, 2.45) is 0 Å². The van der Waals surface area contributed by atoms with Gasteiger partial charge in [0, 0.05) is 16.5 Å². The van der Waals surface area contributed by atoms with Crippen molar-refractivity contribution in [3.05, 3.63) is 29.3 Å². The van der Waals surface area contributed by atoms with E-state index in [9.17, 15) is 4.79 Å². The first-order valence-corrected chi connectivity index (χ1v) is 8.13. The average Bonchev–Trinajstić information content (AvgIpc) is 2.42. The van der Waals surface area contributed by atoms with Crippen molar-refractivity contribution in [2.75, 3.05) is 27.2 Å². The van der Waals surface area contributed by atoms with E-state index >= 15 is 0 Å². The van der Waals surface area contributed by atoms with Crippen LogP contribution < -0.4 is 5.32 Å². The molecule has 0 aliphatic carbocycles. The standard InChI is InChI=1S/C15H23ClN2OS/c1-4-14(15(19)17-10-5-11-18(2)3)20-13-8-6-12(16)7-9-13/h6-9,14H,4-5,10-11H2,1-3H3,(H,17,19). The summed E-state index contributed by atoms with van der Waals surface area (Å²) in [5.41, 5.74) is 0. The fourth-order valence-corrected chi connectivity index (χ4v) is 2.83. The van der Waals surface area contributed by atoms with Crippen molar-refractivity contribution in [3.8, 4) is 0 Å². The second kappa shape index (κ2) is 9.27. The number of hydrogen-bond acceptors (Lipinski definition) is 3. The third-order valence-electron chi connectivity index (χ3n) is 2.84. The van der Waals surface area contributed by atoms with Gasteiger partial charge in [-0.3, -0.25) is 4.79 Å². The van der Waals surface area contributed by atoms with Crippen LogP contribution >= 0.6 is 23.4 Å². The SMILES string of the molecule is CCC(Sc1ccc(Cl)cc1)C(=O)NCCCN(C)C. The van der Waals surface area contributed by atoms with Gasteiger partial charge < -0.3 is 10.2 Å². The Morgan fingerprint density at radius 2 is 2.00 bits per heavy atom. The summed E-state index contributed by atoms with van der Waals surface area (Å²) >= 11 is 7.45.